The number of nitrogens with zero attached hydrogens (tertiary/aromatic N) is 4. The molecule has 1 aromatic heterocycles. The summed E-state index contributed by atoms with van der Waals surface area (Å²) >= 11 is 0. The van der Waals surface area contributed by atoms with E-state index in [9.17, 15) is 15.6 Å². The van der Waals surface area contributed by atoms with Crippen LogP contribution in [-0.2, 0) is 0 Å². The number of aliphatic hydroxyl groups excluding tert-OH is 1. The van der Waals surface area contributed by atoms with E-state index < -0.39 is 6.23 Å². The van der Waals surface area contributed by atoms with Crippen LogP contribution in [0, 0.1) is 22.7 Å². The van der Waals surface area contributed by atoms with E-state index in [0.29, 0.717) is 33.6 Å². The van der Waals surface area contributed by atoms with Gasteiger partial charge in [-0.2, -0.15) is 10.5 Å². The van der Waals surface area contributed by atoms with Crippen LogP contribution in [0.1, 0.15) is 33.3 Å². The molecule has 1 unspecified atom stereocenters. The van der Waals surface area contributed by atoms with Gasteiger partial charge in [0.1, 0.15) is 0 Å². The Hall–Kier alpha value is -8.03. The van der Waals surface area contributed by atoms with Gasteiger partial charge in [0.2, 0.25) is 0 Å². The van der Waals surface area contributed by atoms with Crippen LogP contribution in [0.4, 0.5) is 5.69 Å². The number of carbonyl (C=O) groups is 1. The summed E-state index contributed by atoms with van der Waals surface area (Å²) < 4.78 is 2.13. The standard InChI is InChI=1S/C52H32N4O2/c53-31-33-14-18-36(19-15-33)39-23-26-46-44(28-39)45-29-40(37-20-16-34(32-54)17-21-37)24-27-47(45)55(46)48-13-7-12-43-50(48)52(58)56(51(43)57)49-30-41(35-8-3-1-4-9-35)22-25-42(49)38-10-5-2-6-11-38/h1-30,51,57H. The second-order valence-electron chi connectivity index (χ2n) is 14.4. The Morgan fingerprint density at radius 3 is 1.50 bits per heavy atom. The zero-order chi connectivity index (χ0) is 39.3. The van der Waals surface area contributed by atoms with E-state index in [2.05, 4.69) is 59.2 Å². The molecule has 0 bridgehead atoms. The van der Waals surface area contributed by atoms with Crippen molar-refractivity contribution in [3.63, 3.8) is 0 Å². The number of amides is 1. The first-order valence-corrected chi connectivity index (χ1v) is 19.0. The monoisotopic (exact) mass is 744 g/mol. The highest BCUT2D eigenvalue weighted by atomic mass is 16.3. The van der Waals surface area contributed by atoms with Gasteiger partial charge in [0, 0.05) is 21.9 Å². The minimum absolute atomic E-state index is 0.293. The fourth-order valence-electron chi connectivity index (χ4n) is 8.32. The number of benzene rings is 8. The van der Waals surface area contributed by atoms with Crippen molar-refractivity contribution >= 4 is 33.4 Å². The molecule has 272 valence electrons. The van der Waals surface area contributed by atoms with Gasteiger partial charge in [0.05, 0.1) is 51.2 Å². The first-order chi connectivity index (χ1) is 28.5. The van der Waals surface area contributed by atoms with Crippen molar-refractivity contribution in [2.45, 2.75) is 6.23 Å². The highest BCUT2D eigenvalue weighted by Gasteiger charge is 2.40. The van der Waals surface area contributed by atoms with Crippen LogP contribution < -0.4 is 4.90 Å². The van der Waals surface area contributed by atoms with Crippen LogP contribution in [-0.4, -0.2) is 15.6 Å². The molecule has 0 aliphatic carbocycles. The van der Waals surface area contributed by atoms with Gasteiger partial charge in [0.15, 0.2) is 6.23 Å². The second kappa shape index (κ2) is 13.9. The average molecular weight is 745 g/mol. The van der Waals surface area contributed by atoms with Gasteiger partial charge >= 0.3 is 0 Å². The van der Waals surface area contributed by atoms with Crippen LogP contribution in [0.5, 0.6) is 0 Å². The summed E-state index contributed by atoms with van der Waals surface area (Å²) in [5.41, 5.74) is 12.9. The maximum Gasteiger partial charge on any atom is 0.263 e. The molecule has 0 saturated heterocycles. The Balaban J connectivity index is 1.17. The van der Waals surface area contributed by atoms with Crippen LogP contribution in [0.25, 0.3) is 72.0 Å². The average Bonchev–Trinajstić information content (AvgIpc) is 3.75. The summed E-state index contributed by atoms with van der Waals surface area (Å²) in [6.07, 6.45) is -1.23. The number of carbonyl (C=O) groups excluding carboxylic acids is 1. The number of aromatic nitrogens is 1. The molecule has 0 saturated carbocycles. The normalized spacial score (nSPS) is 13.4. The molecule has 1 N–H and O–H groups in total. The first-order valence-electron chi connectivity index (χ1n) is 19.0. The zero-order valence-corrected chi connectivity index (χ0v) is 31.0. The van der Waals surface area contributed by atoms with Crippen molar-refractivity contribution < 1.29 is 9.90 Å². The summed E-state index contributed by atoms with van der Waals surface area (Å²) in [7, 11) is 0. The number of aliphatic hydroxyl groups is 1. The SMILES string of the molecule is N#Cc1ccc(-c2ccc3c(c2)c2cc(-c4ccc(C#N)cc4)ccc2n3-c2cccc3c2C(=O)N(c2cc(-c4ccccc4)ccc2-c2ccccc2)C3O)cc1. The third-order valence-corrected chi connectivity index (χ3v) is 11.2. The summed E-state index contributed by atoms with van der Waals surface area (Å²) in [5, 5.41) is 33.0. The predicted molar refractivity (Wildman–Crippen MR) is 230 cm³/mol. The van der Waals surface area contributed by atoms with Gasteiger partial charge in [0.25, 0.3) is 5.91 Å². The number of hydrogen-bond donors (Lipinski definition) is 1. The fourth-order valence-corrected chi connectivity index (χ4v) is 8.32. The number of anilines is 1. The topological polar surface area (TPSA) is 93.0 Å². The van der Waals surface area contributed by atoms with E-state index in [1.54, 1.807) is 0 Å². The van der Waals surface area contributed by atoms with E-state index in [1.165, 1.54) is 4.90 Å². The Morgan fingerprint density at radius 1 is 0.466 bits per heavy atom. The third-order valence-electron chi connectivity index (χ3n) is 11.2. The van der Waals surface area contributed by atoms with Crippen molar-refractivity contribution in [1.29, 1.82) is 10.5 Å². The minimum atomic E-state index is -1.23. The van der Waals surface area contributed by atoms with Crippen LogP contribution in [0.15, 0.2) is 182 Å². The highest BCUT2D eigenvalue weighted by Crippen LogP contribution is 2.46. The van der Waals surface area contributed by atoms with Crippen LogP contribution in [0.2, 0.25) is 0 Å². The van der Waals surface area contributed by atoms with E-state index in [-0.39, 0.29) is 5.91 Å². The molecule has 6 heteroatoms. The van der Waals surface area contributed by atoms with E-state index in [4.69, 9.17) is 0 Å². The number of nitriles is 2. The second-order valence-corrected chi connectivity index (χ2v) is 14.4. The molecule has 1 amide bonds. The van der Waals surface area contributed by atoms with Gasteiger partial charge < -0.3 is 9.67 Å². The molecule has 1 atom stereocenters. The largest absolute Gasteiger partial charge is 0.369 e. The quantitative estimate of drug-likeness (QED) is 0.183. The summed E-state index contributed by atoms with van der Waals surface area (Å²) in [6, 6.07) is 63.9. The van der Waals surface area contributed by atoms with Crippen molar-refractivity contribution in [1.82, 2.24) is 4.57 Å². The fraction of sp³-hybridized carbons (Fsp3) is 0.0192. The Bertz CT molecular complexity index is 3040. The lowest BCUT2D eigenvalue weighted by atomic mass is 9.97. The van der Waals surface area contributed by atoms with Crippen molar-refractivity contribution in [2.24, 2.45) is 0 Å². The van der Waals surface area contributed by atoms with E-state index in [1.807, 2.05) is 140 Å². The van der Waals surface area contributed by atoms with Crippen molar-refractivity contribution in [3.8, 4) is 62.3 Å². The molecular formula is C52H32N4O2. The van der Waals surface area contributed by atoms with E-state index >= 15 is 4.79 Å². The maximum atomic E-state index is 15.1. The molecule has 58 heavy (non-hydrogen) atoms. The molecule has 0 spiro atoms. The smallest absolute Gasteiger partial charge is 0.263 e. The van der Waals surface area contributed by atoms with Gasteiger partial charge in [-0.3, -0.25) is 9.69 Å². The first kappa shape index (κ1) is 34.5. The molecule has 10 rings (SSSR count). The van der Waals surface area contributed by atoms with Gasteiger partial charge in [-0.15, -0.1) is 0 Å². The lowest BCUT2D eigenvalue weighted by molar-refractivity contribution is 0.0935. The molecule has 1 aliphatic rings. The molecule has 9 aromatic rings. The Labute approximate surface area is 335 Å². The summed E-state index contributed by atoms with van der Waals surface area (Å²) in [6.45, 7) is 0. The van der Waals surface area contributed by atoms with Crippen LogP contribution >= 0.6 is 0 Å². The Morgan fingerprint density at radius 2 is 0.948 bits per heavy atom. The number of fused-ring (bicyclic) bond motifs is 4. The van der Waals surface area contributed by atoms with Gasteiger partial charge in [-0.25, -0.2) is 0 Å². The lowest BCUT2D eigenvalue weighted by Crippen LogP contribution is -2.28. The molecule has 1 aliphatic heterocycles. The third kappa shape index (κ3) is 5.64. The molecule has 0 fully saturated rings. The Kier molecular flexibility index (Phi) is 8.27. The molecule has 8 aromatic carbocycles. The van der Waals surface area contributed by atoms with Gasteiger partial charge in [-0.05, 0) is 99.6 Å². The summed E-state index contributed by atoms with van der Waals surface area (Å²) in [4.78, 5) is 16.6. The molecule has 6 nitrogen and oxygen atoms in total. The van der Waals surface area contributed by atoms with Gasteiger partial charge in [-0.1, -0.05) is 121 Å². The lowest BCUT2D eigenvalue weighted by Gasteiger charge is -2.25. The maximum absolute atomic E-state index is 15.1. The highest BCUT2D eigenvalue weighted by molar-refractivity contribution is 6.17. The van der Waals surface area contributed by atoms with Crippen molar-refractivity contribution in [3.05, 3.63) is 204 Å². The minimum Gasteiger partial charge on any atom is -0.369 e. The molecule has 2 heterocycles. The molecular weight excluding hydrogens is 713 g/mol. The predicted octanol–water partition coefficient (Wildman–Crippen LogP) is 11.8. The number of hydrogen-bond acceptors (Lipinski definition) is 4. The number of rotatable bonds is 6. The van der Waals surface area contributed by atoms with Crippen molar-refractivity contribution in [2.75, 3.05) is 4.90 Å². The van der Waals surface area contributed by atoms with E-state index in [0.717, 1.165) is 66.3 Å². The zero-order valence-electron chi connectivity index (χ0n) is 31.0. The van der Waals surface area contributed by atoms with Crippen LogP contribution in [0.3, 0.4) is 0 Å². The summed E-state index contributed by atoms with van der Waals surface area (Å²) in [5.74, 6) is -0.293. The molecule has 0 radical (unpaired) electrons.